The highest BCUT2D eigenvalue weighted by Crippen LogP contribution is 2.41. The first-order chi connectivity index (χ1) is 12.9. The summed E-state index contributed by atoms with van der Waals surface area (Å²) in [7, 11) is -5.80. The summed E-state index contributed by atoms with van der Waals surface area (Å²) in [5, 5.41) is 11.4. The Balaban J connectivity index is 2.19. The zero-order chi connectivity index (χ0) is 20.9. The van der Waals surface area contributed by atoms with Gasteiger partial charge in [0, 0.05) is 24.2 Å². The highest BCUT2D eigenvalue weighted by atomic mass is 32.2. The number of nitro benzene ring substituents is 1. The normalized spacial score (nSPS) is 14.7. The fourth-order valence-electron chi connectivity index (χ4n) is 3.04. The van der Waals surface area contributed by atoms with Gasteiger partial charge in [-0.25, -0.2) is 17.2 Å². The number of sulfone groups is 1. The third-order valence-corrected chi connectivity index (χ3v) is 5.77. The van der Waals surface area contributed by atoms with Crippen molar-refractivity contribution in [1.82, 2.24) is 0 Å². The number of halogens is 5. The van der Waals surface area contributed by atoms with Crippen LogP contribution in [-0.4, -0.2) is 25.4 Å². The Morgan fingerprint density at radius 3 is 2.36 bits per heavy atom. The third-order valence-electron chi connectivity index (χ3n) is 4.29. The fraction of sp³-hybridized carbons (Fsp3) is 0.250. The van der Waals surface area contributed by atoms with Crippen molar-refractivity contribution in [2.24, 2.45) is 0 Å². The third kappa shape index (κ3) is 3.28. The molecule has 2 aromatic rings. The van der Waals surface area contributed by atoms with E-state index in [0.717, 1.165) is 12.1 Å². The van der Waals surface area contributed by atoms with Crippen molar-refractivity contribution in [2.45, 2.75) is 23.2 Å². The highest BCUT2D eigenvalue weighted by Gasteiger charge is 2.47. The summed E-state index contributed by atoms with van der Waals surface area (Å²) in [5.74, 6) is -1.78. The van der Waals surface area contributed by atoms with E-state index < -0.39 is 42.5 Å². The fourth-order valence-corrected chi connectivity index (χ4v) is 3.82. The molecule has 0 radical (unpaired) electrons. The summed E-state index contributed by atoms with van der Waals surface area (Å²) in [4.78, 5) is 10.2. The van der Waals surface area contributed by atoms with Crippen molar-refractivity contribution in [3.8, 4) is 0 Å². The van der Waals surface area contributed by atoms with Crippen LogP contribution in [0.5, 0.6) is 0 Å². The zero-order valence-electron chi connectivity index (χ0n) is 13.8. The lowest BCUT2D eigenvalue weighted by Crippen LogP contribution is -2.27. The first kappa shape index (κ1) is 20.0. The van der Waals surface area contributed by atoms with Gasteiger partial charge in [-0.2, -0.15) is 13.2 Å². The van der Waals surface area contributed by atoms with Crippen LogP contribution in [0.15, 0.2) is 35.2 Å². The van der Waals surface area contributed by atoms with Crippen molar-refractivity contribution >= 4 is 26.9 Å². The maximum atomic E-state index is 14.0. The molecule has 1 heterocycles. The van der Waals surface area contributed by atoms with Crippen LogP contribution in [0, 0.1) is 21.7 Å². The first-order valence-electron chi connectivity index (χ1n) is 7.78. The number of rotatable bonds is 3. The van der Waals surface area contributed by atoms with Gasteiger partial charge in [-0.05, 0) is 31.0 Å². The van der Waals surface area contributed by atoms with Gasteiger partial charge in [0.15, 0.2) is 0 Å². The number of alkyl halides is 3. The summed E-state index contributed by atoms with van der Waals surface area (Å²) in [5.41, 5.74) is -6.72. The number of anilines is 2. The number of benzene rings is 2. The molecule has 0 aromatic heterocycles. The number of nitro groups is 1. The van der Waals surface area contributed by atoms with Crippen molar-refractivity contribution in [1.29, 1.82) is 0 Å². The quantitative estimate of drug-likeness (QED) is 0.420. The minimum Gasteiger partial charge on any atom is -0.335 e. The lowest BCUT2D eigenvalue weighted by atomic mass is 10.00. The van der Waals surface area contributed by atoms with Gasteiger partial charge in [0.05, 0.1) is 15.5 Å². The molecular formula is C16H11F5N2O4S. The maximum Gasteiger partial charge on any atom is 0.501 e. The molecule has 0 saturated heterocycles. The Morgan fingerprint density at radius 1 is 1.07 bits per heavy atom. The topological polar surface area (TPSA) is 80.5 Å². The zero-order valence-corrected chi connectivity index (χ0v) is 14.7. The van der Waals surface area contributed by atoms with E-state index in [1.807, 2.05) is 0 Å². The van der Waals surface area contributed by atoms with Crippen LogP contribution >= 0.6 is 0 Å². The second-order valence-corrected chi connectivity index (χ2v) is 7.94. The van der Waals surface area contributed by atoms with Crippen molar-refractivity contribution in [2.75, 3.05) is 11.4 Å². The molecule has 150 valence electrons. The van der Waals surface area contributed by atoms with E-state index in [1.165, 1.54) is 4.90 Å². The number of hydrogen-bond donors (Lipinski definition) is 0. The summed E-state index contributed by atoms with van der Waals surface area (Å²) in [6.07, 6.45) is 0.585. The monoisotopic (exact) mass is 422 g/mol. The van der Waals surface area contributed by atoms with Crippen LogP contribution in [0.25, 0.3) is 0 Å². The molecule has 1 aliphatic heterocycles. The molecule has 0 aliphatic carbocycles. The number of hydrogen-bond acceptors (Lipinski definition) is 5. The smallest absolute Gasteiger partial charge is 0.335 e. The number of nitrogens with zero attached hydrogens (tertiary/aromatic N) is 2. The Labute approximate surface area is 155 Å². The molecule has 0 saturated carbocycles. The molecule has 0 spiro atoms. The molecule has 0 unspecified atom stereocenters. The maximum absolute atomic E-state index is 14.0. The molecule has 1 aliphatic rings. The minimum absolute atomic E-state index is 0.00159. The molecule has 12 heteroatoms. The van der Waals surface area contributed by atoms with E-state index in [1.54, 1.807) is 0 Å². The molecular weight excluding hydrogens is 411 g/mol. The minimum atomic E-state index is -5.80. The Morgan fingerprint density at radius 2 is 1.75 bits per heavy atom. The predicted octanol–water partition coefficient (Wildman–Crippen LogP) is 4.25. The predicted molar refractivity (Wildman–Crippen MR) is 88.0 cm³/mol. The molecule has 0 atom stereocenters. The van der Waals surface area contributed by atoms with Crippen LogP contribution in [0.2, 0.25) is 0 Å². The molecule has 2 aromatic carbocycles. The second kappa shape index (κ2) is 6.69. The Hall–Kier alpha value is -2.76. The van der Waals surface area contributed by atoms with Crippen LogP contribution in [0.3, 0.4) is 0 Å². The molecule has 0 bridgehead atoms. The van der Waals surface area contributed by atoms with Crippen LogP contribution in [-0.2, 0) is 16.3 Å². The Bertz CT molecular complexity index is 1070. The molecule has 28 heavy (non-hydrogen) atoms. The van der Waals surface area contributed by atoms with Gasteiger partial charge in [0.1, 0.15) is 17.3 Å². The van der Waals surface area contributed by atoms with Gasteiger partial charge in [-0.3, -0.25) is 10.1 Å². The van der Waals surface area contributed by atoms with Crippen molar-refractivity contribution < 1.29 is 35.3 Å². The molecule has 6 nitrogen and oxygen atoms in total. The van der Waals surface area contributed by atoms with Gasteiger partial charge < -0.3 is 4.90 Å². The summed E-state index contributed by atoms with van der Waals surface area (Å²) in [6, 6.07) is 3.32. The standard InChI is InChI=1S/C16H11F5N2O4S/c17-9-6-12(18)11-2-1-5-22(14(11)7-9)13-4-3-10(8-15(13)23(24)25)28(26,27)16(19,20)21/h3-4,6-8H,1-2,5H2. The lowest BCUT2D eigenvalue weighted by molar-refractivity contribution is -0.384. The summed E-state index contributed by atoms with van der Waals surface area (Å²) >= 11 is 0. The average molecular weight is 422 g/mol. The summed E-state index contributed by atoms with van der Waals surface area (Å²) < 4.78 is 89.0. The van der Waals surface area contributed by atoms with Gasteiger partial charge >= 0.3 is 5.51 Å². The number of fused-ring (bicyclic) bond motifs is 1. The summed E-state index contributed by atoms with van der Waals surface area (Å²) in [6.45, 7) is 0.0993. The van der Waals surface area contributed by atoms with E-state index in [0.29, 0.717) is 24.6 Å². The molecule has 3 rings (SSSR count). The van der Waals surface area contributed by atoms with Crippen LogP contribution in [0.4, 0.5) is 39.0 Å². The second-order valence-electron chi connectivity index (χ2n) is 6.00. The highest BCUT2D eigenvalue weighted by molar-refractivity contribution is 7.92. The largest absolute Gasteiger partial charge is 0.501 e. The van der Waals surface area contributed by atoms with Crippen LogP contribution < -0.4 is 4.90 Å². The van der Waals surface area contributed by atoms with E-state index >= 15 is 0 Å². The van der Waals surface area contributed by atoms with E-state index in [-0.39, 0.29) is 29.9 Å². The Kier molecular flexibility index (Phi) is 4.77. The SMILES string of the molecule is O=[N+]([O-])c1cc(S(=O)(=O)C(F)(F)F)ccc1N1CCCc2c(F)cc(F)cc21. The van der Waals surface area contributed by atoms with Gasteiger partial charge in [-0.1, -0.05) is 0 Å². The lowest BCUT2D eigenvalue weighted by Gasteiger charge is -2.31. The molecule has 0 fully saturated rings. The first-order valence-corrected chi connectivity index (χ1v) is 9.27. The van der Waals surface area contributed by atoms with E-state index in [4.69, 9.17) is 0 Å². The van der Waals surface area contributed by atoms with Gasteiger partial charge in [0.2, 0.25) is 0 Å². The van der Waals surface area contributed by atoms with Crippen LogP contribution in [0.1, 0.15) is 12.0 Å². The molecule has 0 N–H and O–H groups in total. The van der Waals surface area contributed by atoms with Crippen molar-refractivity contribution in [3.05, 3.63) is 57.6 Å². The molecule has 0 amide bonds. The van der Waals surface area contributed by atoms with E-state index in [9.17, 15) is 40.5 Å². The van der Waals surface area contributed by atoms with Gasteiger partial charge in [0.25, 0.3) is 15.5 Å². The van der Waals surface area contributed by atoms with Crippen molar-refractivity contribution in [3.63, 3.8) is 0 Å². The van der Waals surface area contributed by atoms with Gasteiger partial charge in [-0.15, -0.1) is 0 Å². The van der Waals surface area contributed by atoms with E-state index in [2.05, 4.69) is 0 Å². The average Bonchev–Trinajstić information content (AvgIpc) is 2.59.